The molecule has 0 aliphatic carbocycles. The first-order chi connectivity index (χ1) is 10.3. The van der Waals surface area contributed by atoms with Gasteiger partial charge < -0.3 is 14.8 Å². The Labute approximate surface area is 128 Å². The molecule has 112 valence electrons. The van der Waals surface area contributed by atoms with E-state index in [4.69, 9.17) is 0 Å². The molecule has 1 aliphatic rings. The maximum absolute atomic E-state index is 12.6. The topological polar surface area (TPSA) is 50.2 Å². The summed E-state index contributed by atoms with van der Waals surface area (Å²) in [5, 5.41) is 7.53. The number of nitrogens with one attached hydrogen (secondary N) is 1. The summed E-state index contributed by atoms with van der Waals surface area (Å²) in [6.45, 7) is 2.38. The zero-order chi connectivity index (χ0) is 14.7. The second-order valence-electron chi connectivity index (χ2n) is 5.33. The summed E-state index contributed by atoms with van der Waals surface area (Å²) in [7, 11) is 1.98. The van der Waals surface area contributed by atoms with Crippen molar-refractivity contribution in [2.24, 2.45) is 7.05 Å². The van der Waals surface area contributed by atoms with Crippen LogP contribution >= 0.6 is 11.3 Å². The smallest absolute Gasteiger partial charge is 0.223 e. The van der Waals surface area contributed by atoms with Crippen molar-refractivity contribution >= 4 is 17.2 Å². The number of amides is 1. The zero-order valence-corrected chi connectivity index (χ0v) is 13.0. The van der Waals surface area contributed by atoms with Gasteiger partial charge in [0, 0.05) is 45.5 Å². The van der Waals surface area contributed by atoms with E-state index in [1.165, 1.54) is 5.56 Å². The van der Waals surface area contributed by atoms with Crippen LogP contribution in [0.4, 0.5) is 0 Å². The molecule has 1 aliphatic heterocycles. The number of hydrogen-bond donors (Lipinski definition) is 1. The van der Waals surface area contributed by atoms with Crippen LogP contribution in [0.5, 0.6) is 0 Å². The number of carbonyl (C=O) groups is 1. The van der Waals surface area contributed by atoms with Crippen molar-refractivity contribution in [3.05, 3.63) is 40.6 Å². The lowest BCUT2D eigenvalue weighted by Crippen LogP contribution is -2.49. The molecular weight excluding hydrogens is 284 g/mol. The van der Waals surface area contributed by atoms with Crippen LogP contribution in [0.3, 0.4) is 0 Å². The number of piperazine rings is 1. The van der Waals surface area contributed by atoms with Crippen molar-refractivity contribution in [3.63, 3.8) is 0 Å². The van der Waals surface area contributed by atoms with Gasteiger partial charge in [0.05, 0.1) is 0 Å². The number of nitrogens with zero attached hydrogens (tertiary/aromatic N) is 3. The van der Waals surface area contributed by atoms with Gasteiger partial charge in [-0.3, -0.25) is 4.79 Å². The van der Waals surface area contributed by atoms with E-state index >= 15 is 0 Å². The van der Waals surface area contributed by atoms with E-state index in [1.807, 2.05) is 22.7 Å². The molecule has 5 nitrogen and oxygen atoms in total. The van der Waals surface area contributed by atoms with Crippen molar-refractivity contribution in [2.45, 2.75) is 18.9 Å². The highest BCUT2D eigenvalue weighted by Gasteiger charge is 2.29. The molecule has 1 atom stereocenters. The van der Waals surface area contributed by atoms with Gasteiger partial charge in [0.1, 0.15) is 11.9 Å². The molecule has 0 saturated carbocycles. The Morgan fingerprint density at radius 2 is 2.48 bits per heavy atom. The summed E-state index contributed by atoms with van der Waals surface area (Å²) in [6.07, 6.45) is 5.10. The molecule has 1 N–H and O–H groups in total. The first kappa shape index (κ1) is 14.3. The third-order valence-electron chi connectivity index (χ3n) is 3.93. The molecule has 1 saturated heterocycles. The predicted octanol–water partition coefficient (Wildman–Crippen LogP) is 1.59. The number of aromatic nitrogens is 2. The highest BCUT2D eigenvalue weighted by Crippen LogP contribution is 2.22. The fourth-order valence-electron chi connectivity index (χ4n) is 2.76. The van der Waals surface area contributed by atoms with Gasteiger partial charge in [0.15, 0.2) is 0 Å². The Morgan fingerprint density at radius 3 is 3.19 bits per heavy atom. The lowest BCUT2D eigenvalue weighted by Gasteiger charge is -2.35. The van der Waals surface area contributed by atoms with Crippen molar-refractivity contribution in [1.29, 1.82) is 0 Å². The normalized spacial score (nSPS) is 18.9. The van der Waals surface area contributed by atoms with Crippen LogP contribution in [0, 0.1) is 0 Å². The predicted molar refractivity (Wildman–Crippen MR) is 83.2 cm³/mol. The monoisotopic (exact) mass is 304 g/mol. The van der Waals surface area contributed by atoms with Crippen LogP contribution in [-0.4, -0.2) is 40.0 Å². The van der Waals surface area contributed by atoms with Crippen LogP contribution in [-0.2, 0) is 18.3 Å². The first-order valence-corrected chi connectivity index (χ1v) is 8.18. The molecule has 1 amide bonds. The summed E-state index contributed by atoms with van der Waals surface area (Å²) in [5.41, 5.74) is 1.25. The van der Waals surface area contributed by atoms with Gasteiger partial charge >= 0.3 is 0 Å². The van der Waals surface area contributed by atoms with E-state index in [9.17, 15) is 4.79 Å². The zero-order valence-electron chi connectivity index (χ0n) is 12.2. The molecule has 3 heterocycles. The maximum atomic E-state index is 12.6. The maximum Gasteiger partial charge on any atom is 0.223 e. The largest absolute Gasteiger partial charge is 0.336 e. The average molecular weight is 304 g/mol. The molecule has 0 bridgehead atoms. The molecule has 1 fully saturated rings. The van der Waals surface area contributed by atoms with Crippen LogP contribution in [0.2, 0.25) is 0 Å². The Kier molecular flexibility index (Phi) is 4.36. The summed E-state index contributed by atoms with van der Waals surface area (Å²) in [4.78, 5) is 19.0. The molecule has 3 rings (SSSR count). The molecular formula is C15H20N4OS. The second kappa shape index (κ2) is 6.41. The lowest BCUT2D eigenvalue weighted by molar-refractivity contribution is -0.134. The summed E-state index contributed by atoms with van der Waals surface area (Å²) in [6, 6.07) is 2.13. The third kappa shape index (κ3) is 3.16. The SMILES string of the molecule is Cn1ccnc1C1CNCCN1C(=O)CCc1ccsc1. The van der Waals surface area contributed by atoms with Gasteiger partial charge in [-0.15, -0.1) is 0 Å². The van der Waals surface area contributed by atoms with Gasteiger partial charge in [0.2, 0.25) is 5.91 Å². The van der Waals surface area contributed by atoms with E-state index in [1.54, 1.807) is 17.5 Å². The summed E-state index contributed by atoms with van der Waals surface area (Å²) >= 11 is 1.68. The molecule has 0 spiro atoms. The second-order valence-corrected chi connectivity index (χ2v) is 6.12. The quantitative estimate of drug-likeness (QED) is 0.933. The van der Waals surface area contributed by atoms with Crippen LogP contribution in [0.15, 0.2) is 29.2 Å². The minimum Gasteiger partial charge on any atom is -0.336 e. The standard InChI is InChI=1S/C15H20N4OS/c1-18-7-6-17-15(18)13-10-16-5-8-19(13)14(20)3-2-12-4-9-21-11-12/h4,6-7,9,11,13,16H,2-3,5,8,10H2,1H3. The van der Waals surface area contributed by atoms with E-state index in [2.05, 4.69) is 27.1 Å². The molecule has 0 radical (unpaired) electrons. The van der Waals surface area contributed by atoms with E-state index in [0.717, 1.165) is 31.9 Å². The Bertz CT molecular complexity index is 593. The van der Waals surface area contributed by atoms with E-state index < -0.39 is 0 Å². The van der Waals surface area contributed by atoms with Gasteiger partial charge in [-0.25, -0.2) is 4.98 Å². The molecule has 2 aromatic heterocycles. The molecule has 2 aromatic rings. The molecule has 0 aromatic carbocycles. The number of hydrogen-bond acceptors (Lipinski definition) is 4. The number of aryl methyl sites for hydroxylation is 2. The number of carbonyl (C=O) groups excluding carboxylic acids is 1. The first-order valence-electron chi connectivity index (χ1n) is 7.24. The van der Waals surface area contributed by atoms with Gasteiger partial charge in [-0.05, 0) is 28.8 Å². The van der Waals surface area contributed by atoms with E-state index in [0.29, 0.717) is 6.42 Å². The molecule has 1 unspecified atom stereocenters. The van der Waals surface area contributed by atoms with Crippen molar-refractivity contribution in [1.82, 2.24) is 19.8 Å². The third-order valence-corrected chi connectivity index (χ3v) is 4.66. The Morgan fingerprint density at radius 1 is 1.57 bits per heavy atom. The average Bonchev–Trinajstić information content (AvgIpc) is 3.16. The van der Waals surface area contributed by atoms with Crippen LogP contribution in [0.25, 0.3) is 0 Å². The van der Waals surface area contributed by atoms with Gasteiger partial charge in [-0.1, -0.05) is 0 Å². The number of thiophene rings is 1. The van der Waals surface area contributed by atoms with Gasteiger partial charge in [-0.2, -0.15) is 11.3 Å². The van der Waals surface area contributed by atoms with Crippen LogP contribution < -0.4 is 5.32 Å². The van der Waals surface area contributed by atoms with Crippen molar-refractivity contribution < 1.29 is 4.79 Å². The van der Waals surface area contributed by atoms with E-state index in [-0.39, 0.29) is 11.9 Å². The lowest BCUT2D eigenvalue weighted by atomic mass is 10.1. The summed E-state index contributed by atoms with van der Waals surface area (Å²) < 4.78 is 2.00. The Balaban J connectivity index is 1.69. The number of imidazole rings is 1. The molecule has 6 heteroatoms. The fourth-order valence-corrected chi connectivity index (χ4v) is 3.46. The highest BCUT2D eigenvalue weighted by molar-refractivity contribution is 7.07. The summed E-state index contributed by atoms with van der Waals surface area (Å²) in [5.74, 6) is 1.17. The minimum absolute atomic E-state index is 0.0359. The fraction of sp³-hybridized carbons (Fsp3) is 0.467. The Hall–Kier alpha value is -1.66. The van der Waals surface area contributed by atoms with Crippen molar-refractivity contribution in [3.8, 4) is 0 Å². The van der Waals surface area contributed by atoms with Gasteiger partial charge in [0.25, 0.3) is 0 Å². The molecule has 21 heavy (non-hydrogen) atoms. The van der Waals surface area contributed by atoms with Crippen LogP contribution in [0.1, 0.15) is 23.9 Å². The number of rotatable bonds is 4. The van der Waals surface area contributed by atoms with Crippen molar-refractivity contribution in [2.75, 3.05) is 19.6 Å². The highest BCUT2D eigenvalue weighted by atomic mass is 32.1. The minimum atomic E-state index is 0.0359.